The number of nitrogens with one attached hydrogen (secondary N) is 1. The Morgan fingerprint density at radius 1 is 1.21 bits per heavy atom. The van der Waals surface area contributed by atoms with Crippen molar-refractivity contribution in [1.82, 2.24) is 5.32 Å². The average Bonchev–Trinajstić information content (AvgIpc) is 2.19. The van der Waals surface area contributed by atoms with E-state index in [1.165, 1.54) is 12.1 Å². The maximum absolute atomic E-state index is 12.7. The van der Waals surface area contributed by atoms with Crippen LogP contribution in [0.4, 0.5) is 4.39 Å². The van der Waals surface area contributed by atoms with Gasteiger partial charge in [-0.05, 0) is 24.1 Å². The Morgan fingerprint density at radius 2 is 1.93 bits per heavy atom. The van der Waals surface area contributed by atoms with Crippen LogP contribution in [0, 0.1) is 12.2 Å². The van der Waals surface area contributed by atoms with Crippen LogP contribution in [-0.2, 0) is 0 Å². The Balaban J connectivity index is 2.10. The molecule has 0 amide bonds. The molecule has 0 aromatic heterocycles. The highest BCUT2D eigenvalue weighted by atomic mass is 35.5. The quantitative estimate of drug-likeness (QED) is 0.705. The second-order valence-electron chi connectivity index (χ2n) is 3.52. The first kappa shape index (κ1) is 9.94. The summed E-state index contributed by atoms with van der Waals surface area (Å²) in [6.07, 6.45) is 2.10. The van der Waals surface area contributed by atoms with Gasteiger partial charge in [-0.1, -0.05) is 12.1 Å². The minimum absolute atomic E-state index is 0.0683. The molecule has 0 spiro atoms. The molecule has 1 nitrogen and oxygen atoms in total. The lowest BCUT2D eigenvalue weighted by molar-refractivity contribution is 0.552. The summed E-state index contributed by atoms with van der Waals surface area (Å²) >= 11 is 6.00. The van der Waals surface area contributed by atoms with Gasteiger partial charge in [0.1, 0.15) is 5.82 Å². The van der Waals surface area contributed by atoms with E-state index in [4.69, 9.17) is 11.6 Å². The molecule has 14 heavy (non-hydrogen) atoms. The molecular weight excluding hydrogens is 201 g/mol. The zero-order valence-corrected chi connectivity index (χ0v) is 8.47. The van der Waals surface area contributed by atoms with Crippen LogP contribution in [0.2, 0.25) is 0 Å². The van der Waals surface area contributed by atoms with Crippen LogP contribution in [0.5, 0.6) is 0 Å². The molecule has 2 atom stereocenters. The molecule has 1 aromatic carbocycles. The molecule has 1 fully saturated rings. The second kappa shape index (κ2) is 4.28. The molecule has 0 saturated carbocycles. The summed E-state index contributed by atoms with van der Waals surface area (Å²) < 4.78 is 12.7. The molecule has 1 heterocycles. The average molecular weight is 213 g/mol. The van der Waals surface area contributed by atoms with Crippen molar-refractivity contribution < 1.29 is 4.39 Å². The van der Waals surface area contributed by atoms with Gasteiger partial charge in [0, 0.05) is 24.4 Å². The largest absolute Gasteiger partial charge is 0.315 e. The highest BCUT2D eigenvalue weighted by molar-refractivity contribution is 6.21. The third kappa shape index (κ3) is 2.25. The van der Waals surface area contributed by atoms with Crippen molar-refractivity contribution in [3.8, 4) is 0 Å². The summed E-state index contributed by atoms with van der Waals surface area (Å²) in [5, 5.41) is 3.31. The number of alkyl halides is 1. The highest BCUT2D eigenvalue weighted by Gasteiger charge is 2.21. The van der Waals surface area contributed by atoms with E-state index in [1.54, 1.807) is 0 Å². The fraction of sp³-hybridized carbons (Fsp3) is 0.364. The summed E-state index contributed by atoms with van der Waals surface area (Å²) in [5.41, 5.74) is 1.12. The van der Waals surface area contributed by atoms with Gasteiger partial charge in [0.2, 0.25) is 0 Å². The minimum Gasteiger partial charge on any atom is -0.315 e. The zero-order valence-electron chi connectivity index (χ0n) is 7.71. The molecule has 1 saturated heterocycles. The molecule has 2 unspecified atom stereocenters. The summed E-state index contributed by atoms with van der Waals surface area (Å²) in [7, 11) is 0. The fourth-order valence-electron chi connectivity index (χ4n) is 1.70. The van der Waals surface area contributed by atoms with Gasteiger partial charge >= 0.3 is 0 Å². The van der Waals surface area contributed by atoms with E-state index < -0.39 is 0 Å². The van der Waals surface area contributed by atoms with Crippen LogP contribution >= 0.6 is 11.6 Å². The zero-order chi connectivity index (χ0) is 9.97. The Hall–Kier alpha value is -0.600. The highest BCUT2D eigenvalue weighted by Crippen LogP contribution is 2.24. The number of hydrogen-bond acceptors (Lipinski definition) is 1. The van der Waals surface area contributed by atoms with Gasteiger partial charge in [0.05, 0.1) is 0 Å². The van der Waals surface area contributed by atoms with E-state index >= 15 is 0 Å². The lowest BCUT2D eigenvalue weighted by atomic mass is 9.91. The molecule has 1 N–H and O–H groups in total. The smallest absolute Gasteiger partial charge is 0.123 e. The van der Waals surface area contributed by atoms with Crippen LogP contribution in [-0.4, -0.2) is 18.5 Å². The number of halogens is 2. The van der Waals surface area contributed by atoms with Crippen molar-refractivity contribution in [3.05, 3.63) is 42.1 Å². The van der Waals surface area contributed by atoms with Crippen LogP contribution in [0.1, 0.15) is 11.5 Å². The Labute approximate surface area is 88.3 Å². The SMILES string of the molecule is Fc1ccc(C2[CH]C(Cl)CNC2)cc1. The molecule has 3 heteroatoms. The summed E-state index contributed by atoms with van der Waals surface area (Å²) in [6.45, 7) is 1.70. The fourth-order valence-corrected chi connectivity index (χ4v) is 1.99. The lowest BCUT2D eigenvalue weighted by Gasteiger charge is -2.26. The second-order valence-corrected chi connectivity index (χ2v) is 4.09. The number of hydrogen-bond donors (Lipinski definition) is 1. The van der Waals surface area contributed by atoms with Crippen molar-refractivity contribution >= 4 is 11.6 Å². The van der Waals surface area contributed by atoms with E-state index in [0.717, 1.165) is 18.7 Å². The topological polar surface area (TPSA) is 12.0 Å². The van der Waals surface area contributed by atoms with Crippen molar-refractivity contribution in [2.75, 3.05) is 13.1 Å². The lowest BCUT2D eigenvalue weighted by Crippen LogP contribution is -2.36. The van der Waals surface area contributed by atoms with Gasteiger partial charge in [-0.15, -0.1) is 11.6 Å². The van der Waals surface area contributed by atoms with Gasteiger partial charge in [-0.3, -0.25) is 0 Å². The monoisotopic (exact) mass is 212 g/mol. The van der Waals surface area contributed by atoms with Crippen molar-refractivity contribution in [3.63, 3.8) is 0 Å². The minimum atomic E-state index is -0.194. The number of rotatable bonds is 1. The van der Waals surface area contributed by atoms with E-state index in [9.17, 15) is 4.39 Å². The molecule has 0 aliphatic carbocycles. The predicted molar refractivity (Wildman–Crippen MR) is 56.0 cm³/mol. The van der Waals surface area contributed by atoms with Crippen molar-refractivity contribution in [1.29, 1.82) is 0 Å². The van der Waals surface area contributed by atoms with Crippen LogP contribution in [0.15, 0.2) is 24.3 Å². The summed E-state index contributed by atoms with van der Waals surface area (Å²) in [5.74, 6) is 0.104. The first-order valence-corrected chi connectivity index (χ1v) is 5.14. The molecule has 2 rings (SSSR count). The van der Waals surface area contributed by atoms with Crippen LogP contribution < -0.4 is 5.32 Å². The van der Waals surface area contributed by atoms with Crippen LogP contribution in [0.3, 0.4) is 0 Å². The summed E-state index contributed by atoms with van der Waals surface area (Å²) in [4.78, 5) is 0. The van der Waals surface area contributed by atoms with Gasteiger partial charge in [-0.2, -0.15) is 0 Å². The molecular formula is C11H12ClFN. The molecule has 1 aliphatic rings. The molecule has 1 radical (unpaired) electrons. The Morgan fingerprint density at radius 3 is 2.57 bits per heavy atom. The van der Waals surface area contributed by atoms with Crippen molar-refractivity contribution in [2.45, 2.75) is 11.3 Å². The molecule has 1 aliphatic heterocycles. The van der Waals surface area contributed by atoms with E-state index in [1.807, 2.05) is 12.1 Å². The van der Waals surface area contributed by atoms with Gasteiger partial charge in [-0.25, -0.2) is 4.39 Å². The standard InChI is InChI=1S/C11H12ClFN/c12-10-5-9(6-14-7-10)8-1-3-11(13)4-2-8/h1-5,9-10,14H,6-7H2. The third-order valence-electron chi connectivity index (χ3n) is 2.44. The van der Waals surface area contributed by atoms with Gasteiger partial charge < -0.3 is 5.32 Å². The third-order valence-corrected chi connectivity index (χ3v) is 2.74. The number of piperidine rings is 1. The predicted octanol–water partition coefficient (Wildman–Crippen LogP) is 2.32. The van der Waals surface area contributed by atoms with E-state index in [2.05, 4.69) is 11.7 Å². The normalized spacial score (nSPS) is 27.6. The molecule has 0 bridgehead atoms. The van der Waals surface area contributed by atoms with Crippen molar-refractivity contribution in [2.24, 2.45) is 0 Å². The van der Waals surface area contributed by atoms with Crippen LogP contribution in [0.25, 0.3) is 0 Å². The first-order chi connectivity index (χ1) is 6.75. The van der Waals surface area contributed by atoms with E-state index in [-0.39, 0.29) is 11.2 Å². The number of benzene rings is 1. The Kier molecular flexibility index (Phi) is 3.04. The summed E-state index contributed by atoms with van der Waals surface area (Å²) in [6, 6.07) is 6.60. The van der Waals surface area contributed by atoms with E-state index in [0.29, 0.717) is 5.92 Å². The Bertz CT molecular complexity index is 299. The maximum Gasteiger partial charge on any atom is 0.123 e. The maximum atomic E-state index is 12.7. The van der Waals surface area contributed by atoms with Gasteiger partial charge in [0.25, 0.3) is 0 Å². The first-order valence-electron chi connectivity index (χ1n) is 4.71. The molecule has 1 aromatic rings. The van der Waals surface area contributed by atoms with Gasteiger partial charge in [0.15, 0.2) is 0 Å². The molecule has 75 valence electrons.